The molecule has 0 saturated carbocycles. The molecule has 0 radical (unpaired) electrons. The number of carbonyl (C=O) groups is 1. The Morgan fingerprint density at radius 1 is 1.47 bits per heavy atom. The van der Waals surface area contributed by atoms with Gasteiger partial charge < -0.3 is 4.57 Å². The Bertz CT molecular complexity index is 491. The fourth-order valence-electron chi connectivity index (χ4n) is 1.63. The summed E-state index contributed by atoms with van der Waals surface area (Å²) in [4.78, 5) is 14.6. The van der Waals surface area contributed by atoms with Gasteiger partial charge in [0.05, 0.1) is 24.8 Å². The van der Waals surface area contributed by atoms with Crippen LogP contribution in [-0.2, 0) is 23.1 Å². The van der Waals surface area contributed by atoms with Crippen LogP contribution in [0, 0.1) is 0 Å². The molecular formula is C8H11N3O3S. The summed E-state index contributed by atoms with van der Waals surface area (Å²) < 4.78 is 25.8. The summed E-state index contributed by atoms with van der Waals surface area (Å²) in [7, 11) is -3.20. The highest BCUT2D eigenvalue weighted by Crippen LogP contribution is 2.16. The largest absolute Gasteiger partial charge is 0.331 e. The minimum absolute atomic E-state index is 0.229. The van der Waals surface area contributed by atoms with Crippen LogP contribution in [0.5, 0.6) is 0 Å². The molecule has 82 valence electrons. The first-order valence-electron chi connectivity index (χ1n) is 4.46. The monoisotopic (exact) mass is 229 g/mol. The number of imidazole rings is 1. The van der Waals surface area contributed by atoms with Crippen LogP contribution in [0.4, 0.5) is 0 Å². The molecule has 1 aliphatic heterocycles. The minimum Gasteiger partial charge on any atom is -0.331 e. The van der Waals surface area contributed by atoms with Crippen LogP contribution in [0.3, 0.4) is 0 Å². The van der Waals surface area contributed by atoms with Crippen LogP contribution in [0.25, 0.3) is 0 Å². The zero-order valence-corrected chi connectivity index (χ0v) is 9.07. The van der Waals surface area contributed by atoms with Crippen LogP contribution in [0.15, 0.2) is 6.33 Å². The van der Waals surface area contributed by atoms with Gasteiger partial charge in [0.25, 0.3) is 0 Å². The Labute approximate surface area is 87.6 Å². The molecule has 2 heterocycles. The van der Waals surface area contributed by atoms with Crippen LogP contribution in [0.2, 0.25) is 0 Å². The first-order chi connectivity index (χ1) is 7.02. The van der Waals surface area contributed by atoms with Gasteiger partial charge in [-0.1, -0.05) is 0 Å². The molecule has 0 N–H and O–H groups in total. The third-order valence-electron chi connectivity index (χ3n) is 2.48. The number of hydrogen-bond acceptors (Lipinski definition) is 4. The van der Waals surface area contributed by atoms with Crippen molar-refractivity contribution in [3.63, 3.8) is 0 Å². The van der Waals surface area contributed by atoms with E-state index in [2.05, 4.69) is 4.98 Å². The molecule has 0 fully saturated rings. The summed E-state index contributed by atoms with van der Waals surface area (Å²) in [6, 6.07) is 0. The quantitative estimate of drug-likeness (QED) is 0.639. The molecule has 0 spiro atoms. The maximum Gasteiger partial charge on any atom is 0.211 e. The highest BCUT2D eigenvalue weighted by Gasteiger charge is 2.25. The van der Waals surface area contributed by atoms with Crippen molar-refractivity contribution in [3.05, 3.63) is 17.7 Å². The summed E-state index contributed by atoms with van der Waals surface area (Å²) in [5.74, 6) is 0. The van der Waals surface area contributed by atoms with Gasteiger partial charge in [-0.3, -0.25) is 4.79 Å². The summed E-state index contributed by atoms with van der Waals surface area (Å²) >= 11 is 0. The first-order valence-corrected chi connectivity index (χ1v) is 6.31. The Hall–Kier alpha value is -1.21. The summed E-state index contributed by atoms with van der Waals surface area (Å²) in [5, 5.41) is 0. The molecule has 0 bridgehead atoms. The van der Waals surface area contributed by atoms with E-state index in [-0.39, 0.29) is 6.54 Å². The van der Waals surface area contributed by atoms with Gasteiger partial charge in [-0.2, -0.15) is 4.31 Å². The number of aldehydes is 1. The predicted octanol–water partition coefficient (Wildman–Crippen LogP) is -0.529. The van der Waals surface area contributed by atoms with E-state index in [0.29, 0.717) is 30.8 Å². The fraction of sp³-hybridized carbons (Fsp3) is 0.500. The lowest BCUT2D eigenvalue weighted by Gasteiger charge is -2.26. The van der Waals surface area contributed by atoms with Crippen molar-refractivity contribution in [2.75, 3.05) is 12.8 Å². The number of rotatable bonds is 2. The van der Waals surface area contributed by atoms with Crippen molar-refractivity contribution in [1.82, 2.24) is 13.9 Å². The lowest BCUT2D eigenvalue weighted by Crippen LogP contribution is -2.37. The minimum atomic E-state index is -3.20. The predicted molar refractivity (Wildman–Crippen MR) is 52.9 cm³/mol. The van der Waals surface area contributed by atoms with Crippen molar-refractivity contribution in [2.24, 2.45) is 0 Å². The van der Waals surface area contributed by atoms with Gasteiger partial charge in [0.1, 0.15) is 5.69 Å². The lowest BCUT2D eigenvalue weighted by atomic mass is 10.3. The zero-order chi connectivity index (χ0) is 11.1. The molecule has 2 rings (SSSR count). The molecular weight excluding hydrogens is 218 g/mol. The molecule has 0 amide bonds. The number of nitrogens with zero attached hydrogens (tertiary/aromatic N) is 3. The standard InChI is InChI=1S/C8H11N3O3S/c1-15(13,14)11-3-2-10-6-9-7(5-12)8(10)4-11/h5-6H,2-4H2,1H3. The van der Waals surface area contributed by atoms with Crippen molar-refractivity contribution in [1.29, 1.82) is 0 Å². The van der Waals surface area contributed by atoms with Gasteiger partial charge in [-0.05, 0) is 0 Å². The lowest BCUT2D eigenvalue weighted by molar-refractivity contribution is 0.111. The molecule has 1 aliphatic rings. The Morgan fingerprint density at radius 3 is 2.80 bits per heavy atom. The van der Waals surface area contributed by atoms with Crippen LogP contribution in [-0.4, -0.2) is 41.4 Å². The normalized spacial score (nSPS) is 17.4. The van der Waals surface area contributed by atoms with E-state index >= 15 is 0 Å². The highest BCUT2D eigenvalue weighted by molar-refractivity contribution is 7.88. The summed E-state index contributed by atoms with van der Waals surface area (Å²) in [6.45, 7) is 1.21. The smallest absolute Gasteiger partial charge is 0.211 e. The average Bonchev–Trinajstić information content (AvgIpc) is 2.57. The molecule has 1 aromatic heterocycles. The SMILES string of the molecule is CS(=O)(=O)N1CCn2cnc(C=O)c2C1. The third kappa shape index (κ3) is 1.80. The van der Waals surface area contributed by atoms with E-state index in [1.54, 1.807) is 6.33 Å². The average molecular weight is 229 g/mol. The Kier molecular flexibility index (Phi) is 2.35. The van der Waals surface area contributed by atoms with Gasteiger partial charge in [0.15, 0.2) is 6.29 Å². The van der Waals surface area contributed by atoms with Crippen LogP contribution >= 0.6 is 0 Å². The maximum atomic E-state index is 11.3. The van der Waals surface area contributed by atoms with Crippen molar-refractivity contribution >= 4 is 16.3 Å². The van der Waals surface area contributed by atoms with Crippen LogP contribution < -0.4 is 0 Å². The molecule has 0 unspecified atom stereocenters. The molecule has 6 nitrogen and oxygen atoms in total. The van der Waals surface area contributed by atoms with Gasteiger partial charge >= 0.3 is 0 Å². The number of sulfonamides is 1. The van der Waals surface area contributed by atoms with E-state index in [9.17, 15) is 13.2 Å². The molecule has 0 aliphatic carbocycles. The first kappa shape index (κ1) is 10.3. The molecule has 0 atom stereocenters. The Balaban J connectivity index is 2.36. The maximum absolute atomic E-state index is 11.3. The zero-order valence-electron chi connectivity index (χ0n) is 8.25. The number of aromatic nitrogens is 2. The second-order valence-corrected chi connectivity index (χ2v) is 5.47. The molecule has 0 saturated heterocycles. The molecule has 0 aromatic carbocycles. The van der Waals surface area contributed by atoms with E-state index < -0.39 is 10.0 Å². The van der Waals surface area contributed by atoms with Crippen molar-refractivity contribution in [2.45, 2.75) is 13.1 Å². The summed E-state index contributed by atoms with van der Waals surface area (Å²) in [5.41, 5.74) is 0.991. The molecule has 7 heteroatoms. The van der Waals surface area contributed by atoms with E-state index in [0.717, 1.165) is 0 Å². The Morgan fingerprint density at radius 2 is 2.20 bits per heavy atom. The summed E-state index contributed by atoms with van der Waals surface area (Å²) in [6.07, 6.45) is 3.38. The van der Waals surface area contributed by atoms with Crippen molar-refractivity contribution in [3.8, 4) is 0 Å². The van der Waals surface area contributed by atoms with Gasteiger partial charge in [-0.25, -0.2) is 13.4 Å². The second-order valence-electron chi connectivity index (χ2n) is 3.48. The van der Waals surface area contributed by atoms with E-state index in [4.69, 9.17) is 0 Å². The fourth-order valence-corrected chi connectivity index (χ4v) is 2.40. The topological polar surface area (TPSA) is 72.3 Å². The van der Waals surface area contributed by atoms with Crippen molar-refractivity contribution < 1.29 is 13.2 Å². The second kappa shape index (κ2) is 3.42. The highest BCUT2D eigenvalue weighted by atomic mass is 32.2. The number of carbonyl (C=O) groups excluding carboxylic acids is 1. The number of fused-ring (bicyclic) bond motifs is 1. The third-order valence-corrected chi connectivity index (χ3v) is 3.73. The number of hydrogen-bond donors (Lipinski definition) is 0. The molecule has 15 heavy (non-hydrogen) atoms. The van der Waals surface area contributed by atoms with E-state index in [1.165, 1.54) is 10.6 Å². The van der Waals surface area contributed by atoms with Crippen LogP contribution in [0.1, 0.15) is 16.2 Å². The van der Waals surface area contributed by atoms with Gasteiger partial charge in [0.2, 0.25) is 10.0 Å². The van der Waals surface area contributed by atoms with Gasteiger partial charge in [0, 0.05) is 13.1 Å². The van der Waals surface area contributed by atoms with Gasteiger partial charge in [-0.15, -0.1) is 0 Å². The molecule has 1 aromatic rings. The van der Waals surface area contributed by atoms with E-state index in [1.807, 2.05) is 4.57 Å².